The first-order valence-electron chi connectivity index (χ1n) is 5.21. The van der Waals surface area contributed by atoms with Gasteiger partial charge in [-0.2, -0.15) is 0 Å². The second kappa shape index (κ2) is 6.10. The molecule has 0 fully saturated rings. The lowest BCUT2D eigenvalue weighted by Gasteiger charge is -2.12. The van der Waals surface area contributed by atoms with Gasteiger partial charge in [0.2, 0.25) is 0 Å². The predicted octanol–water partition coefficient (Wildman–Crippen LogP) is 3.46. The van der Waals surface area contributed by atoms with Crippen LogP contribution < -0.4 is 5.32 Å². The average Bonchev–Trinajstić information content (AvgIpc) is 2.59. The molecule has 0 atom stereocenters. The minimum Gasteiger partial charge on any atom is -0.448 e. The molecule has 1 aromatic heterocycles. The summed E-state index contributed by atoms with van der Waals surface area (Å²) in [5.41, 5.74) is 0. The third-order valence-electron chi connectivity index (χ3n) is 2.52. The van der Waals surface area contributed by atoms with Gasteiger partial charge in [-0.25, -0.2) is 0 Å². The fourth-order valence-corrected chi connectivity index (χ4v) is 1.59. The van der Waals surface area contributed by atoms with Crippen LogP contribution in [0.25, 0.3) is 0 Å². The van der Waals surface area contributed by atoms with Crippen molar-refractivity contribution in [2.75, 3.05) is 6.54 Å². The quantitative estimate of drug-likeness (QED) is 0.786. The molecule has 0 spiro atoms. The van der Waals surface area contributed by atoms with Crippen molar-refractivity contribution in [3.63, 3.8) is 0 Å². The SMILES string of the molecule is CCC(CC)CNCc1ccc(Cl)o1. The number of hydrogen-bond acceptors (Lipinski definition) is 2. The van der Waals surface area contributed by atoms with Crippen molar-refractivity contribution in [3.05, 3.63) is 23.1 Å². The molecule has 0 aliphatic heterocycles. The normalized spacial score (nSPS) is 11.1. The average molecular weight is 216 g/mol. The van der Waals surface area contributed by atoms with Crippen molar-refractivity contribution in [1.82, 2.24) is 5.32 Å². The lowest BCUT2D eigenvalue weighted by atomic mass is 10.0. The molecule has 0 amide bonds. The first-order chi connectivity index (χ1) is 6.76. The van der Waals surface area contributed by atoms with Crippen molar-refractivity contribution >= 4 is 11.6 Å². The van der Waals surface area contributed by atoms with Crippen LogP contribution in [0.4, 0.5) is 0 Å². The second-order valence-corrected chi connectivity index (χ2v) is 3.89. The highest BCUT2D eigenvalue weighted by Gasteiger charge is 2.03. The number of furan rings is 1. The maximum absolute atomic E-state index is 5.66. The number of rotatable bonds is 6. The van der Waals surface area contributed by atoms with Gasteiger partial charge in [0.15, 0.2) is 5.22 Å². The second-order valence-electron chi connectivity index (χ2n) is 3.52. The Labute approximate surface area is 90.6 Å². The van der Waals surface area contributed by atoms with Crippen LogP contribution in [0.2, 0.25) is 5.22 Å². The first-order valence-corrected chi connectivity index (χ1v) is 5.59. The highest BCUT2D eigenvalue weighted by molar-refractivity contribution is 6.28. The van der Waals surface area contributed by atoms with Crippen LogP contribution in [0.15, 0.2) is 16.5 Å². The molecule has 1 rings (SSSR count). The molecule has 14 heavy (non-hydrogen) atoms. The third-order valence-corrected chi connectivity index (χ3v) is 2.72. The Morgan fingerprint density at radius 3 is 2.57 bits per heavy atom. The Bertz CT molecular complexity index is 256. The molecule has 0 saturated carbocycles. The smallest absolute Gasteiger partial charge is 0.193 e. The van der Waals surface area contributed by atoms with E-state index < -0.39 is 0 Å². The van der Waals surface area contributed by atoms with Gasteiger partial charge in [-0.15, -0.1) is 0 Å². The van der Waals surface area contributed by atoms with Gasteiger partial charge in [-0.1, -0.05) is 26.7 Å². The highest BCUT2D eigenvalue weighted by atomic mass is 35.5. The minimum atomic E-state index is 0.462. The maximum Gasteiger partial charge on any atom is 0.193 e. The Kier molecular flexibility index (Phi) is 5.05. The van der Waals surface area contributed by atoms with Crippen LogP contribution in [-0.2, 0) is 6.54 Å². The van der Waals surface area contributed by atoms with E-state index in [1.165, 1.54) is 12.8 Å². The van der Waals surface area contributed by atoms with E-state index in [1.54, 1.807) is 6.07 Å². The van der Waals surface area contributed by atoms with E-state index in [2.05, 4.69) is 19.2 Å². The Hall–Kier alpha value is -0.470. The van der Waals surface area contributed by atoms with Crippen LogP contribution in [0, 0.1) is 5.92 Å². The zero-order chi connectivity index (χ0) is 10.4. The summed E-state index contributed by atoms with van der Waals surface area (Å²) in [4.78, 5) is 0. The van der Waals surface area contributed by atoms with Gasteiger partial charge in [-0.3, -0.25) is 0 Å². The van der Waals surface area contributed by atoms with E-state index in [1.807, 2.05) is 6.07 Å². The van der Waals surface area contributed by atoms with E-state index in [0.29, 0.717) is 5.22 Å². The van der Waals surface area contributed by atoms with Gasteiger partial charge in [0.25, 0.3) is 0 Å². The summed E-state index contributed by atoms with van der Waals surface area (Å²) >= 11 is 5.66. The van der Waals surface area contributed by atoms with Gasteiger partial charge < -0.3 is 9.73 Å². The molecule has 0 aliphatic carbocycles. The van der Waals surface area contributed by atoms with E-state index >= 15 is 0 Å². The van der Waals surface area contributed by atoms with Crippen LogP contribution in [0.5, 0.6) is 0 Å². The highest BCUT2D eigenvalue weighted by Crippen LogP contribution is 2.13. The van der Waals surface area contributed by atoms with Gasteiger partial charge >= 0.3 is 0 Å². The number of hydrogen-bond donors (Lipinski definition) is 1. The topological polar surface area (TPSA) is 25.2 Å². The molecule has 0 aliphatic rings. The molecule has 1 aromatic rings. The number of halogens is 1. The minimum absolute atomic E-state index is 0.462. The molecular formula is C11H18ClNO. The van der Waals surface area contributed by atoms with E-state index in [4.69, 9.17) is 16.0 Å². The summed E-state index contributed by atoms with van der Waals surface area (Å²) in [6.45, 7) is 6.26. The molecule has 2 nitrogen and oxygen atoms in total. The monoisotopic (exact) mass is 215 g/mol. The molecule has 80 valence electrons. The lowest BCUT2D eigenvalue weighted by Crippen LogP contribution is -2.21. The van der Waals surface area contributed by atoms with Crippen molar-refractivity contribution in [1.29, 1.82) is 0 Å². The fourth-order valence-electron chi connectivity index (χ4n) is 1.42. The van der Waals surface area contributed by atoms with Gasteiger partial charge in [0, 0.05) is 0 Å². The van der Waals surface area contributed by atoms with E-state index in [-0.39, 0.29) is 0 Å². The Morgan fingerprint density at radius 2 is 2.07 bits per heavy atom. The van der Waals surface area contributed by atoms with Crippen molar-refractivity contribution < 1.29 is 4.42 Å². The molecule has 3 heteroatoms. The summed E-state index contributed by atoms with van der Waals surface area (Å²) in [5, 5.41) is 3.83. The van der Waals surface area contributed by atoms with E-state index in [0.717, 1.165) is 24.8 Å². The molecule has 0 radical (unpaired) electrons. The van der Waals surface area contributed by atoms with Crippen LogP contribution in [-0.4, -0.2) is 6.54 Å². The molecule has 0 unspecified atom stereocenters. The zero-order valence-corrected chi connectivity index (χ0v) is 9.60. The standard InChI is InChI=1S/C11H18ClNO/c1-3-9(4-2)7-13-8-10-5-6-11(12)14-10/h5-6,9,13H,3-4,7-8H2,1-2H3. The molecule has 0 aromatic carbocycles. The summed E-state index contributed by atoms with van der Waals surface area (Å²) in [6.07, 6.45) is 2.45. The summed E-state index contributed by atoms with van der Waals surface area (Å²) in [6, 6.07) is 3.68. The first kappa shape index (κ1) is 11.6. The van der Waals surface area contributed by atoms with Crippen LogP contribution in [0.1, 0.15) is 32.4 Å². The van der Waals surface area contributed by atoms with Crippen LogP contribution in [0.3, 0.4) is 0 Å². The fraction of sp³-hybridized carbons (Fsp3) is 0.636. The van der Waals surface area contributed by atoms with Gasteiger partial charge in [-0.05, 0) is 36.2 Å². The molecular weight excluding hydrogens is 198 g/mol. The van der Waals surface area contributed by atoms with Crippen molar-refractivity contribution in [2.24, 2.45) is 5.92 Å². The predicted molar refractivity (Wildman–Crippen MR) is 59.5 cm³/mol. The largest absolute Gasteiger partial charge is 0.448 e. The summed E-state index contributed by atoms with van der Waals surface area (Å²) in [7, 11) is 0. The summed E-state index contributed by atoms with van der Waals surface area (Å²) in [5.74, 6) is 1.67. The van der Waals surface area contributed by atoms with Crippen molar-refractivity contribution in [2.45, 2.75) is 33.2 Å². The Morgan fingerprint density at radius 1 is 1.36 bits per heavy atom. The molecule has 1 N–H and O–H groups in total. The molecule has 0 bridgehead atoms. The van der Waals surface area contributed by atoms with Crippen molar-refractivity contribution in [3.8, 4) is 0 Å². The number of nitrogens with one attached hydrogen (secondary N) is 1. The summed E-state index contributed by atoms with van der Waals surface area (Å²) < 4.78 is 5.24. The zero-order valence-electron chi connectivity index (χ0n) is 8.85. The lowest BCUT2D eigenvalue weighted by molar-refractivity contribution is 0.423. The van der Waals surface area contributed by atoms with E-state index in [9.17, 15) is 0 Å². The van der Waals surface area contributed by atoms with Crippen LogP contribution >= 0.6 is 11.6 Å². The van der Waals surface area contributed by atoms with Gasteiger partial charge in [0.1, 0.15) is 5.76 Å². The third kappa shape index (κ3) is 3.72. The van der Waals surface area contributed by atoms with Gasteiger partial charge in [0.05, 0.1) is 6.54 Å². The maximum atomic E-state index is 5.66. The Balaban J connectivity index is 2.21. The molecule has 1 heterocycles. The molecule has 0 saturated heterocycles.